The molecule has 0 saturated carbocycles. The lowest BCUT2D eigenvalue weighted by Gasteiger charge is -2.26. The van der Waals surface area contributed by atoms with Crippen molar-refractivity contribution >= 4 is 5.97 Å². The first kappa shape index (κ1) is 10.5. The number of epoxide rings is 1. The number of carbonyl (C=O) groups is 1. The number of ether oxygens (including phenoxy) is 3. The van der Waals surface area contributed by atoms with Crippen molar-refractivity contribution in [2.45, 2.75) is 30.7 Å². The molecule has 4 heteroatoms. The van der Waals surface area contributed by atoms with Gasteiger partial charge in [0.15, 0.2) is 0 Å². The van der Waals surface area contributed by atoms with E-state index in [1.165, 1.54) is 18.3 Å². The van der Waals surface area contributed by atoms with Gasteiger partial charge in [-0.15, -0.1) is 0 Å². The van der Waals surface area contributed by atoms with E-state index >= 15 is 0 Å². The summed E-state index contributed by atoms with van der Waals surface area (Å²) in [5.74, 6) is -0.242. The van der Waals surface area contributed by atoms with Gasteiger partial charge in [0.05, 0.1) is 13.7 Å². The molecule has 0 aromatic carbocycles. The van der Waals surface area contributed by atoms with Gasteiger partial charge in [-0.2, -0.15) is 0 Å². The molecule has 1 spiro atoms. The van der Waals surface area contributed by atoms with E-state index in [2.05, 4.69) is 6.58 Å². The number of allylic oxidation sites excluding steroid dienone is 1. The fourth-order valence-corrected chi connectivity index (χ4v) is 3.37. The molecule has 1 aliphatic carbocycles. The lowest BCUT2D eigenvalue weighted by atomic mass is 9.75. The predicted octanol–water partition coefficient (Wildman–Crippen LogP) is 1.28. The molecule has 2 saturated heterocycles. The quantitative estimate of drug-likeness (QED) is 0.397. The Kier molecular flexibility index (Phi) is 1.83. The molecular formula is C14H14O4. The Balaban J connectivity index is 1.68. The third-order valence-corrected chi connectivity index (χ3v) is 4.45. The van der Waals surface area contributed by atoms with Gasteiger partial charge in [-0.05, 0) is 23.1 Å². The van der Waals surface area contributed by atoms with Gasteiger partial charge in [-0.25, -0.2) is 4.79 Å². The Bertz CT molecular complexity index is 536. The van der Waals surface area contributed by atoms with Crippen LogP contribution in [0.3, 0.4) is 0 Å². The van der Waals surface area contributed by atoms with Crippen molar-refractivity contribution in [3.63, 3.8) is 0 Å². The van der Waals surface area contributed by atoms with E-state index in [0.717, 1.165) is 17.6 Å². The summed E-state index contributed by atoms with van der Waals surface area (Å²) in [7, 11) is 1.41. The molecule has 3 heterocycles. The van der Waals surface area contributed by atoms with E-state index in [0.29, 0.717) is 13.0 Å². The average Bonchev–Trinajstić information content (AvgIpc) is 3.03. The number of rotatable bonds is 1. The van der Waals surface area contributed by atoms with Gasteiger partial charge >= 0.3 is 5.97 Å². The van der Waals surface area contributed by atoms with Crippen molar-refractivity contribution in [1.82, 2.24) is 0 Å². The summed E-state index contributed by atoms with van der Waals surface area (Å²) in [6, 6.07) is 0. The second-order valence-corrected chi connectivity index (χ2v) is 5.25. The molecule has 0 aromatic heterocycles. The van der Waals surface area contributed by atoms with E-state index in [9.17, 15) is 4.79 Å². The largest absolute Gasteiger partial charge is 0.466 e. The lowest BCUT2D eigenvalue weighted by Crippen LogP contribution is -2.32. The Labute approximate surface area is 105 Å². The topological polar surface area (TPSA) is 48.1 Å². The first-order valence-corrected chi connectivity index (χ1v) is 6.15. The number of fused-ring (bicyclic) bond motifs is 5. The molecule has 4 nitrogen and oxygen atoms in total. The molecule has 2 fully saturated rings. The summed E-state index contributed by atoms with van der Waals surface area (Å²) in [4.78, 5) is 11.6. The number of methoxy groups -OCH3 is 1. The third kappa shape index (κ3) is 1.06. The molecule has 0 amide bonds. The number of hydrogen-bond donors (Lipinski definition) is 0. The maximum absolute atomic E-state index is 11.6. The summed E-state index contributed by atoms with van der Waals surface area (Å²) in [5, 5.41) is 0. The van der Waals surface area contributed by atoms with Gasteiger partial charge in [0, 0.05) is 12.0 Å². The van der Waals surface area contributed by atoms with Gasteiger partial charge in [0.25, 0.3) is 0 Å². The zero-order valence-electron chi connectivity index (χ0n) is 10.2. The minimum atomic E-state index is -0.276. The fourth-order valence-electron chi connectivity index (χ4n) is 3.37. The number of esters is 1. The van der Waals surface area contributed by atoms with Gasteiger partial charge in [0.2, 0.25) is 0 Å². The standard InChI is InChI=1S/C14H14O4/c1-7-11-9-4-3-8(13(15)16-2)5-10(9)12(18-11)14(7)6-17-14/h3,11-12H,1,4-6H2,2H3/t11-,12-,14+/m0/s1. The molecule has 4 rings (SSSR count). The minimum absolute atomic E-state index is 0.00273. The van der Waals surface area contributed by atoms with Crippen LogP contribution in [0.5, 0.6) is 0 Å². The summed E-state index contributed by atoms with van der Waals surface area (Å²) in [6.45, 7) is 4.81. The van der Waals surface area contributed by atoms with Crippen LogP contribution in [0, 0.1) is 0 Å². The van der Waals surface area contributed by atoms with E-state index in [-0.39, 0.29) is 23.8 Å². The molecular weight excluding hydrogens is 232 g/mol. The van der Waals surface area contributed by atoms with Crippen molar-refractivity contribution in [2.75, 3.05) is 13.7 Å². The van der Waals surface area contributed by atoms with Gasteiger partial charge < -0.3 is 14.2 Å². The normalized spacial score (nSPS) is 40.1. The van der Waals surface area contributed by atoms with Crippen molar-refractivity contribution in [2.24, 2.45) is 0 Å². The molecule has 0 N–H and O–H groups in total. The van der Waals surface area contributed by atoms with E-state index < -0.39 is 0 Å². The Morgan fingerprint density at radius 3 is 3.00 bits per heavy atom. The highest BCUT2D eigenvalue weighted by atomic mass is 16.6. The second-order valence-electron chi connectivity index (χ2n) is 5.25. The molecule has 3 atom stereocenters. The highest BCUT2D eigenvalue weighted by Gasteiger charge is 2.67. The highest BCUT2D eigenvalue weighted by Crippen LogP contribution is 2.58. The average molecular weight is 246 g/mol. The van der Waals surface area contributed by atoms with Crippen LogP contribution < -0.4 is 0 Å². The minimum Gasteiger partial charge on any atom is -0.466 e. The molecule has 3 aliphatic heterocycles. The van der Waals surface area contributed by atoms with Gasteiger partial charge in [-0.1, -0.05) is 12.7 Å². The van der Waals surface area contributed by atoms with Crippen molar-refractivity contribution in [3.8, 4) is 0 Å². The maximum Gasteiger partial charge on any atom is 0.333 e. The van der Waals surface area contributed by atoms with Gasteiger partial charge in [0.1, 0.15) is 17.8 Å². The molecule has 0 unspecified atom stereocenters. The highest BCUT2D eigenvalue weighted by molar-refractivity contribution is 5.89. The van der Waals surface area contributed by atoms with Crippen LogP contribution in [0.4, 0.5) is 0 Å². The Hall–Kier alpha value is -1.39. The smallest absolute Gasteiger partial charge is 0.333 e. The van der Waals surface area contributed by atoms with Gasteiger partial charge in [-0.3, -0.25) is 0 Å². The molecule has 0 aromatic rings. The zero-order valence-corrected chi connectivity index (χ0v) is 10.2. The van der Waals surface area contributed by atoms with Crippen LogP contribution in [0.1, 0.15) is 12.8 Å². The molecule has 4 aliphatic rings. The lowest BCUT2D eigenvalue weighted by molar-refractivity contribution is -0.136. The number of hydrogen-bond acceptors (Lipinski definition) is 4. The maximum atomic E-state index is 11.6. The number of carbonyl (C=O) groups excluding carboxylic acids is 1. The van der Waals surface area contributed by atoms with Crippen molar-refractivity contribution < 1.29 is 19.0 Å². The summed E-state index contributed by atoms with van der Waals surface area (Å²) < 4.78 is 16.4. The molecule has 2 bridgehead atoms. The molecule has 18 heavy (non-hydrogen) atoms. The third-order valence-electron chi connectivity index (χ3n) is 4.45. The summed E-state index contributed by atoms with van der Waals surface area (Å²) in [5.41, 5.74) is 4.00. The van der Waals surface area contributed by atoms with Crippen LogP contribution >= 0.6 is 0 Å². The zero-order chi connectivity index (χ0) is 12.5. The van der Waals surface area contributed by atoms with Crippen LogP contribution in [0.15, 0.2) is 34.9 Å². The Morgan fingerprint density at radius 2 is 2.33 bits per heavy atom. The van der Waals surface area contributed by atoms with Crippen LogP contribution in [0.2, 0.25) is 0 Å². The molecule has 0 radical (unpaired) electrons. The van der Waals surface area contributed by atoms with Crippen LogP contribution in [0.25, 0.3) is 0 Å². The van der Waals surface area contributed by atoms with E-state index in [1.807, 2.05) is 6.08 Å². The fraction of sp³-hybridized carbons (Fsp3) is 0.500. The predicted molar refractivity (Wildman–Crippen MR) is 62.8 cm³/mol. The first-order valence-electron chi connectivity index (χ1n) is 6.15. The Morgan fingerprint density at radius 1 is 1.56 bits per heavy atom. The summed E-state index contributed by atoms with van der Waals surface area (Å²) >= 11 is 0. The van der Waals surface area contributed by atoms with E-state index in [1.54, 1.807) is 0 Å². The monoisotopic (exact) mass is 246 g/mol. The summed E-state index contributed by atoms with van der Waals surface area (Å²) in [6.07, 6.45) is 3.31. The van der Waals surface area contributed by atoms with Crippen LogP contribution in [-0.4, -0.2) is 37.5 Å². The van der Waals surface area contributed by atoms with Crippen LogP contribution in [-0.2, 0) is 19.0 Å². The van der Waals surface area contributed by atoms with Crippen molar-refractivity contribution in [3.05, 3.63) is 34.9 Å². The SMILES string of the molecule is C=C1[C@@H]2O[C@@H](C3=C2CC=C(C(=O)OC)C3)[C@@]12CO2. The second kappa shape index (κ2) is 3.13. The molecule has 94 valence electrons. The first-order chi connectivity index (χ1) is 8.67. The van der Waals surface area contributed by atoms with Crippen molar-refractivity contribution in [1.29, 1.82) is 0 Å². The van der Waals surface area contributed by atoms with E-state index in [4.69, 9.17) is 14.2 Å².